The molecule has 0 saturated heterocycles. The minimum atomic E-state index is -0.148. The quantitative estimate of drug-likeness (QED) is 0.833. The van der Waals surface area contributed by atoms with Gasteiger partial charge in [-0.05, 0) is 29.3 Å². The smallest absolute Gasteiger partial charge is 0.252 e. The lowest BCUT2D eigenvalue weighted by molar-refractivity contribution is 0.875. The summed E-state index contributed by atoms with van der Waals surface area (Å²) in [6, 6.07) is 3.66. The highest BCUT2D eigenvalue weighted by molar-refractivity contribution is 7.07. The number of aromatic nitrogens is 2. The van der Waals surface area contributed by atoms with Crippen LogP contribution in [0.25, 0.3) is 0 Å². The SMILES string of the molecule is CC(Nc1cc(=O)[nH]cn1)c1ccsc1. The van der Waals surface area contributed by atoms with Crippen LogP contribution in [0.1, 0.15) is 18.5 Å². The summed E-state index contributed by atoms with van der Waals surface area (Å²) < 4.78 is 0. The molecule has 0 spiro atoms. The Labute approximate surface area is 91.0 Å². The maximum absolute atomic E-state index is 11.0. The van der Waals surface area contributed by atoms with Crippen molar-refractivity contribution in [1.82, 2.24) is 9.97 Å². The average molecular weight is 221 g/mol. The number of hydrogen-bond donors (Lipinski definition) is 2. The summed E-state index contributed by atoms with van der Waals surface area (Å²) in [4.78, 5) is 17.5. The molecule has 2 rings (SSSR count). The third-order valence-corrected chi connectivity index (χ3v) is 2.79. The summed E-state index contributed by atoms with van der Waals surface area (Å²) in [5.41, 5.74) is 1.05. The molecule has 0 fully saturated rings. The number of hydrogen-bond acceptors (Lipinski definition) is 4. The average Bonchev–Trinajstić information content (AvgIpc) is 2.70. The van der Waals surface area contributed by atoms with Gasteiger partial charge in [0.2, 0.25) is 0 Å². The Morgan fingerprint density at radius 2 is 2.47 bits per heavy atom. The molecular weight excluding hydrogens is 210 g/mol. The first kappa shape index (κ1) is 9.92. The lowest BCUT2D eigenvalue weighted by Gasteiger charge is -2.12. The van der Waals surface area contributed by atoms with Crippen LogP contribution in [0.2, 0.25) is 0 Å². The highest BCUT2D eigenvalue weighted by Gasteiger charge is 2.05. The van der Waals surface area contributed by atoms with E-state index in [0.29, 0.717) is 5.82 Å². The number of anilines is 1. The second kappa shape index (κ2) is 4.27. The van der Waals surface area contributed by atoms with Crippen LogP contribution < -0.4 is 10.9 Å². The molecule has 5 heteroatoms. The maximum Gasteiger partial charge on any atom is 0.252 e. The van der Waals surface area contributed by atoms with Crippen molar-refractivity contribution in [3.8, 4) is 0 Å². The topological polar surface area (TPSA) is 57.8 Å². The number of rotatable bonds is 3. The molecule has 0 amide bonds. The van der Waals surface area contributed by atoms with Crippen molar-refractivity contribution >= 4 is 17.2 Å². The van der Waals surface area contributed by atoms with Gasteiger partial charge in [-0.2, -0.15) is 11.3 Å². The minimum Gasteiger partial charge on any atom is -0.363 e. The van der Waals surface area contributed by atoms with Crippen molar-refractivity contribution in [2.75, 3.05) is 5.32 Å². The van der Waals surface area contributed by atoms with Gasteiger partial charge in [-0.25, -0.2) is 4.98 Å². The van der Waals surface area contributed by atoms with E-state index in [0.717, 1.165) is 0 Å². The van der Waals surface area contributed by atoms with E-state index in [-0.39, 0.29) is 11.6 Å². The zero-order chi connectivity index (χ0) is 10.7. The monoisotopic (exact) mass is 221 g/mol. The van der Waals surface area contributed by atoms with Crippen molar-refractivity contribution < 1.29 is 0 Å². The van der Waals surface area contributed by atoms with E-state index in [4.69, 9.17) is 0 Å². The van der Waals surface area contributed by atoms with Gasteiger partial charge >= 0.3 is 0 Å². The first-order valence-corrected chi connectivity index (χ1v) is 5.53. The summed E-state index contributed by atoms with van der Waals surface area (Å²) in [5, 5.41) is 7.26. The fraction of sp³-hybridized carbons (Fsp3) is 0.200. The van der Waals surface area contributed by atoms with E-state index in [1.165, 1.54) is 18.0 Å². The number of nitrogens with one attached hydrogen (secondary N) is 2. The second-order valence-electron chi connectivity index (χ2n) is 3.22. The van der Waals surface area contributed by atoms with Crippen LogP contribution in [-0.2, 0) is 0 Å². The van der Waals surface area contributed by atoms with Gasteiger partial charge in [-0.1, -0.05) is 0 Å². The molecule has 2 N–H and O–H groups in total. The van der Waals surface area contributed by atoms with E-state index in [1.54, 1.807) is 11.3 Å². The molecule has 78 valence electrons. The Balaban J connectivity index is 2.12. The van der Waals surface area contributed by atoms with Crippen LogP contribution in [0.5, 0.6) is 0 Å². The number of aromatic amines is 1. The molecule has 1 unspecified atom stereocenters. The standard InChI is InChI=1S/C10H11N3OS/c1-7(8-2-3-15-5-8)13-9-4-10(14)12-6-11-9/h2-7H,1H3,(H2,11,12,13,14). The lowest BCUT2D eigenvalue weighted by atomic mass is 10.2. The molecule has 0 bridgehead atoms. The summed E-state index contributed by atoms with van der Waals surface area (Å²) >= 11 is 1.65. The summed E-state index contributed by atoms with van der Waals surface area (Å²) in [7, 11) is 0. The van der Waals surface area contributed by atoms with Crippen LogP contribution in [0.4, 0.5) is 5.82 Å². The molecule has 0 aliphatic carbocycles. The molecule has 15 heavy (non-hydrogen) atoms. The largest absolute Gasteiger partial charge is 0.363 e. The molecule has 2 aromatic heterocycles. The van der Waals surface area contributed by atoms with Crippen molar-refractivity contribution in [2.45, 2.75) is 13.0 Å². The molecule has 2 heterocycles. The van der Waals surface area contributed by atoms with E-state index < -0.39 is 0 Å². The molecule has 1 atom stereocenters. The van der Waals surface area contributed by atoms with E-state index in [2.05, 4.69) is 26.7 Å². The lowest BCUT2D eigenvalue weighted by Crippen LogP contribution is -2.11. The highest BCUT2D eigenvalue weighted by atomic mass is 32.1. The van der Waals surface area contributed by atoms with Crippen LogP contribution >= 0.6 is 11.3 Å². The van der Waals surface area contributed by atoms with Gasteiger partial charge in [0.15, 0.2) is 0 Å². The van der Waals surface area contributed by atoms with Crippen molar-refractivity contribution in [1.29, 1.82) is 0 Å². The number of thiophene rings is 1. The first-order valence-electron chi connectivity index (χ1n) is 4.59. The van der Waals surface area contributed by atoms with Crippen LogP contribution in [0, 0.1) is 0 Å². The van der Waals surface area contributed by atoms with Crippen LogP contribution in [0.3, 0.4) is 0 Å². The fourth-order valence-electron chi connectivity index (χ4n) is 1.27. The molecule has 0 radical (unpaired) electrons. The third-order valence-electron chi connectivity index (χ3n) is 2.09. The van der Waals surface area contributed by atoms with Crippen LogP contribution in [0.15, 0.2) is 34.0 Å². The Morgan fingerprint density at radius 3 is 3.13 bits per heavy atom. The minimum absolute atomic E-state index is 0.148. The Kier molecular flexibility index (Phi) is 2.82. The molecule has 0 aromatic carbocycles. The zero-order valence-corrected chi connectivity index (χ0v) is 9.04. The molecule has 0 saturated carbocycles. The number of nitrogens with zero attached hydrogens (tertiary/aromatic N) is 1. The maximum atomic E-state index is 11.0. The predicted molar refractivity (Wildman–Crippen MR) is 61.2 cm³/mol. The van der Waals surface area contributed by atoms with Gasteiger partial charge in [-0.3, -0.25) is 4.79 Å². The summed E-state index contributed by atoms with van der Waals surface area (Å²) in [6.45, 7) is 2.03. The van der Waals surface area contributed by atoms with Crippen molar-refractivity contribution in [3.05, 3.63) is 45.1 Å². The van der Waals surface area contributed by atoms with Gasteiger partial charge in [0.1, 0.15) is 5.82 Å². The molecular formula is C10H11N3OS. The Morgan fingerprint density at radius 1 is 1.60 bits per heavy atom. The van der Waals surface area contributed by atoms with Crippen molar-refractivity contribution in [2.24, 2.45) is 0 Å². The van der Waals surface area contributed by atoms with Gasteiger partial charge in [0.25, 0.3) is 5.56 Å². The molecule has 0 aliphatic heterocycles. The summed E-state index contributed by atoms with van der Waals surface area (Å²) in [6.07, 6.45) is 1.39. The zero-order valence-electron chi connectivity index (χ0n) is 8.23. The first-order chi connectivity index (χ1) is 7.25. The number of H-pyrrole nitrogens is 1. The van der Waals surface area contributed by atoms with Gasteiger partial charge in [-0.15, -0.1) is 0 Å². The molecule has 4 nitrogen and oxygen atoms in total. The van der Waals surface area contributed by atoms with E-state index >= 15 is 0 Å². The van der Waals surface area contributed by atoms with Gasteiger partial charge in [0.05, 0.1) is 12.4 Å². The highest BCUT2D eigenvalue weighted by Crippen LogP contribution is 2.18. The normalized spacial score (nSPS) is 12.3. The fourth-order valence-corrected chi connectivity index (χ4v) is 2.03. The van der Waals surface area contributed by atoms with Gasteiger partial charge < -0.3 is 10.3 Å². The summed E-state index contributed by atoms with van der Waals surface area (Å²) in [5.74, 6) is 0.595. The Hall–Kier alpha value is -1.62. The van der Waals surface area contributed by atoms with Gasteiger partial charge in [0, 0.05) is 6.07 Å². The third kappa shape index (κ3) is 2.44. The van der Waals surface area contributed by atoms with E-state index in [1.807, 2.05) is 12.3 Å². The molecule has 2 aromatic rings. The predicted octanol–water partition coefficient (Wildman–Crippen LogP) is 2.00. The van der Waals surface area contributed by atoms with Crippen LogP contribution in [-0.4, -0.2) is 9.97 Å². The molecule has 0 aliphatic rings. The van der Waals surface area contributed by atoms with E-state index in [9.17, 15) is 4.79 Å². The van der Waals surface area contributed by atoms with Crippen molar-refractivity contribution in [3.63, 3.8) is 0 Å². The Bertz CT molecular complexity index is 477. The second-order valence-corrected chi connectivity index (χ2v) is 4.00.